The first-order valence-electron chi connectivity index (χ1n) is 15.9. The van der Waals surface area contributed by atoms with Gasteiger partial charge in [0, 0.05) is 46.8 Å². The number of nitrogen functional groups attached to an aromatic ring is 1. The molecule has 1 fully saturated rings. The quantitative estimate of drug-likeness (QED) is 0.220. The van der Waals surface area contributed by atoms with E-state index in [1.165, 1.54) is 4.90 Å². The third-order valence-corrected chi connectivity index (χ3v) is 8.44. The number of anilines is 2. The van der Waals surface area contributed by atoms with Gasteiger partial charge in [-0.15, -0.1) is 0 Å². The Hall–Kier alpha value is -3.60. The third-order valence-electron chi connectivity index (χ3n) is 7.73. The number of halogens is 2. The number of nitrogens with zero attached hydrogens (tertiary/aromatic N) is 4. The molecule has 0 saturated carbocycles. The zero-order chi connectivity index (χ0) is 34.5. The van der Waals surface area contributed by atoms with E-state index in [0.29, 0.717) is 54.0 Å². The summed E-state index contributed by atoms with van der Waals surface area (Å²) in [5.74, 6) is 0.299. The Balaban J connectivity index is 1.46. The van der Waals surface area contributed by atoms with E-state index >= 15 is 0 Å². The number of hydrogen-bond donors (Lipinski definition) is 2. The Morgan fingerprint density at radius 1 is 1.02 bits per heavy atom. The molecule has 254 valence electrons. The molecule has 1 aliphatic heterocycles. The van der Waals surface area contributed by atoms with Crippen LogP contribution in [0.25, 0.3) is 11.3 Å². The van der Waals surface area contributed by atoms with Crippen molar-refractivity contribution in [1.82, 2.24) is 19.8 Å². The number of benzene rings is 2. The maximum absolute atomic E-state index is 13.3. The maximum Gasteiger partial charge on any atom is 0.411 e. The number of rotatable bonds is 9. The third kappa shape index (κ3) is 9.95. The second kappa shape index (κ2) is 15.1. The minimum atomic E-state index is -0.736. The zero-order valence-electron chi connectivity index (χ0n) is 28.3. The van der Waals surface area contributed by atoms with Crippen molar-refractivity contribution in [2.75, 3.05) is 24.1 Å². The Morgan fingerprint density at radius 3 is 2.26 bits per heavy atom. The van der Waals surface area contributed by atoms with Crippen molar-refractivity contribution in [2.45, 2.75) is 97.7 Å². The summed E-state index contributed by atoms with van der Waals surface area (Å²) in [6, 6.07) is 12.8. The van der Waals surface area contributed by atoms with Crippen LogP contribution in [0.4, 0.5) is 16.4 Å². The number of hydrogen-bond acceptors (Lipinski definition) is 9. The molecule has 10 nitrogen and oxygen atoms in total. The molecule has 2 atom stereocenters. The van der Waals surface area contributed by atoms with Gasteiger partial charge in [0.05, 0.1) is 11.9 Å². The van der Waals surface area contributed by atoms with Crippen LogP contribution in [0.1, 0.15) is 72.4 Å². The summed E-state index contributed by atoms with van der Waals surface area (Å²) in [5, 5.41) is 4.32. The first-order valence-corrected chi connectivity index (χ1v) is 16.7. The molecular formula is C35H46Cl2N6O4. The molecule has 2 unspecified atom stereocenters. The van der Waals surface area contributed by atoms with Gasteiger partial charge in [-0.3, -0.25) is 9.80 Å². The van der Waals surface area contributed by atoms with Crippen LogP contribution in [0.15, 0.2) is 48.7 Å². The van der Waals surface area contributed by atoms with E-state index in [4.69, 9.17) is 43.4 Å². The average molecular weight is 686 g/mol. The summed E-state index contributed by atoms with van der Waals surface area (Å²) in [5.41, 5.74) is 8.18. The predicted molar refractivity (Wildman–Crippen MR) is 187 cm³/mol. The Labute approximate surface area is 287 Å². The van der Waals surface area contributed by atoms with Crippen molar-refractivity contribution in [3.8, 4) is 11.3 Å². The molecule has 47 heavy (non-hydrogen) atoms. The van der Waals surface area contributed by atoms with Crippen molar-refractivity contribution in [3.05, 3.63) is 69.8 Å². The van der Waals surface area contributed by atoms with Gasteiger partial charge in [0.1, 0.15) is 17.2 Å². The molecule has 3 N–H and O–H groups in total. The summed E-state index contributed by atoms with van der Waals surface area (Å²) in [6.45, 7) is 15.2. The first kappa shape index (κ1) is 36.2. The molecule has 1 aliphatic rings. The summed E-state index contributed by atoms with van der Waals surface area (Å²) in [6.07, 6.45) is 2.31. The summed E-state index contributed by atoms with van der Waals surface area (Å²) in [7, 11) is 0. The van der Waals surface area contributed by atoms with Crippen LogP contribution in [0.2, 0.25) is 10.0 Å². The summed E-state index contributed by atoms with van der Waals surface area (Å²) in [4.78, 5) is 39.4. The lowest BCUT2D eigenvalue weighted by molar-refractivity contribution is -0.163. The largest absolute Gasteiger partial charge is 0.458 e. The number of amides is 1. The molecule has 1 aromatic heterocycles. The van der Waals surface area contributed by atoms with Gasteiger partial charge in [0.25, 0.3) is 0 Å². The fourth-order valence-corrected chi connectivity index (χ4v) is 6.00. The Morgan fingerprint density at radius 2 is 1.66 bits per heavy atom. The number of aromatic nitrogens is 2. The number of ether oxygens (including phenoxy) is 2. The lowest BCUT2D eigenvalue weighted by Gasteiger charge is -2.43. The summed E-state index contributed by atoms with van der Waals surface area (Å²) >= 11 is 12.6. The van der Waals surface area contributed by atoms with Crippen molar-refractivity contribution in [2.24, 2.45) is 0 Å². The zero-order valence-corrected chi connectivity index (χ0v) is 29.8. The van der Waals surface area contributed by atoms with E-state index in [0.717, 1.165) is 23.2 Å². The molecule has 1 saturated heterocycles. The molecular weight excluding hydrogens is 639 g/mol. The lowest BCUT2D eigenvalue weighted by Crippen LogP contribution is -2.56. The van der Waals surface area contributed by atoms with E-state index in [1.54, 1.807) is 24.4 Å². The van der Waals surface area contributed by atoms with E-state index in [-0.39, 0.29) is 11.9 Å². The molecule has 3 aromatic rings. The molecule has 0 spiro atoms. The van der Waals surface area contributed by atoms with Gasteiger partial charge in [0.15, 0.2) is 11.6 Å². The fourth-order valence-electron chi connectivity index (χ4n) is 5.47. The van der Waals surface area contributed by atoms with E-state index < -0.39 is 29.3 Å². The molecule has 0 aliphatic carbocycles. The van der Waals surface area contributed by atoms with Gasteiger partial charge in [-0.05, 0) is 78.6 Å². The lowest BCUT2D eigenvalue weighted by atomic mass is 9.95. The number of nitrogens with one attached hydrogen (secondary N) is 1. The van der Waals surface area contributed by atoms with Gasteiger partial charge in [0.2, 0.25) is 0 Å². The van der Waals surface area contributed by atoms with Crippen LogP contribution in [0, 0.1) is 0 Å². The molecule has 0 radical (unpaired) electrons. The van der Waals surface area contributed by atoms with Crippen LogP contribution in [-0.2, 0) is 27.4 Å². The maximum atomic E-state index is 13.3. The number of likely N-dealkylation sites (tertiary alicyclic amines) is 1. The van der Waals surface area contributed by atoms with Gasteiger partial charge >= 0.3 is 12.1 Å². The minimum absolute atomic E-state index is 0.0686. The van der Waals surface area contributed by atoms with Crippen molar-refractivity contribution >= 4 is 46.9 Å². The van der Waals surface area contributed by atoms with Gasteiger partial charge in [-0.1, -0.05) is 60.5 Å². The second-order valence-corrected chi connectivity index (χ2v) is 14.5. The second-order valence-electron chi connectivity index (χ2n) is 13.7. The molecule has 0 bridgehead atoms. The van der Waals surface area contributed by atoms with Gasteiger partial charge in [-0.2, -0.15) is 0 Å². The van der Waals surface area contributed by atoms with Crippen LogP contribution < -0.4 is 11.1 Å². The fraction of sp³-hybridized carbons (Fsp3) is 0.486. The average Bonchev–Trinajstić information content (AvgIpc) is 2.99. The van der Waals surface area contributed by atoms with Crippen LogP contribution in [-0.4, -0.2) is 68.2 Å². The van der Waals surface area contributed by atoms with Crippen molar-refractivity contribution in [3.63, 3.8) is 0 Å². The highest BCUT2D eigenvalue weighted by Gasteiger charge is 2.41. The van der Waals surface area contributed by atoms with E-state index in [9.17, 15) is 9.59 Å². The van der Waals surface area contributed by atoms with Gasteiger partial charge < -0.3 is 20.5 Å². The molecule has 1 amide bonds. The molecule has 2 heterocycles. The summed E-state index contributed by atoms with van der Waals surface area (Å²) < 4.78 is 11.4. The number of nitrogens with two attached hydrogens (primary N) is 1. The topological polar surface area (TPSA) is 123 Å². The highest BCUT2D eigenvalue weighted by atomic mass is 35.5. The highest BCUT2D eigenvalue weighted by Crippen LogP contribution is 2.29. The highest BCUT2D eigenvalue weighted by molar-refractivity contribution is 6.36. The standard InChI is InChI=1S/C35H46Cl2N6O4/c1-8-42(24-16-17-43(33(45)47-35(5,6)7)29(18-24)32(44)46-34(2,3)4)21-22-12-14-23(15-13-22)28-20-39-30(38)31(41-28)40-19-25-26(36)10-9-11-27(25)37/h9-15,20,24,29H,8,16-19,21H2,1-7H3,(H2,38,39)(H,40,41). The van der Waals surface area contributed by atoms with Crippen LogP contribution in [0.3, 0.4) is 0 Å². The number of esters is 1. The van der Waals surface area contributed by atoms with Crippen molar-refractivity contribution < 1.29 is 19.1 Å². The van der Waals surface area contributed by atoms with E-state index in [1.807, 2.05) is 53.7 Å². The smallest absolute Gasteiger partial charge is 0.411 e. The number of piperidine rings is 1. The SMILES string of the molecule is CCN(Cc1ccc(-c2cnc(N)c(NCc3c(Cl)cccc3Cl)n2)cc1)C1CCN(C(=O)OC(C)(C)C)C(C(=O)OC(C)(C)C)C1. The van der Waals surface area contributed by atoms with Crippen LogP contribution >= 0.6 is 23.2 Å². The monoisotopic (exact) mass is 684 g/mol. The predicted octanol–water partition coefficient (Wildman–Crippen LogP) is 7.58. The Bertz CT molecular complexity index is 1530. The number of carbonyl (C=O) groups is 2. The molecule has 12 heteroatoms. The Kier molecular flexibility index (Phi) is 11.6. The first-order chi connectivity index (χ1) is 22.0. The molecule has 2 aromatic carbocycles. The number of carbonyl (C=O) groups excluding carboxylic acids is 2. The van der Waals surface area contributed by atoms with Crippen molar-refractivity contribution in [1.29, 1.82) is 0 Å². The van der Waals surface area contributed by atoms with Gasteiger partial charge in [-0.25, -0.2) is 19.6 Å². The normalized spacial score (nSPS) is 17.0. The van der Waals surface area contributed by atoms with E-state index in [2.05, 4.69) is 34.3 Å². The van der Waals surface area contributed by atoms with Crippen LogP contribution in [0.5, 0.6) is 0 Å². The molecule has 4 rings (SSSR count). The minimum Gasteiger partial charge on any atom is -0.458 e.